The first-order valence-electron chi connectivity index (χ1n) is 7.47. The van der Waals surface area contributed by atoms with Crippen LogP contribution in [0.4, 0.5) is 4.39 Å². The fourth-order valence-corrected chi connectivity index (χ4v) is 2.90. The Balaban J connectivity index is 2.28. The number of benzene rings is 1. The zero-order chi connectivity index (χ0) is 16.4. The molecule has 1 aromatic carbocycles. The third-order valence-electron chi connectivity index (χ3n) is 3.12. The van der Waals surface area contributed by atoms with Crippen LogP contribution in [0.3, 0.4) is 0 Å². The summed E-state index contributed by atoms with van der Waals surface area (Å²) in [6.45, 7) is 2.75. The van der Waals surface area contributed by atoms with Gasteiger partial charge in [0.05, 0.1) is 4.90 Å². The van der Waals surface area contributed by atoms with E-state index in [-0.39, 0.29) is 23.8 Å². The average Bonchev–Trinajstić information content (AvgIpc) is 2.47. The van der Waals surface area contributed by atoms with Crippen molar-refractivity contribution in [2.45, 2.75) is 43.9 Å². The second kappa shape index (κ2) is 9.53. The highest BCUT2D eigenvalue weighted by molar-refractivity contribution is 7.89. The molecule has 0 unspecified atom stereocenters. The Kier molecular flexibility index (Phi) is 8.05. The van der Waals surface area contributed by atoms with E-state index in [0.29, 0.717) is 6.54 Å². The lowest BCUT2D eigenvalue weighted by atomic mass is 10.2. The van der Waals surface area contributed by atoms with Crippen molar-refractivity contribution in [3.63, 3.8) is 0 Å². The van der Waals surface area contributed by atoms with Gasteiger partial charge in [0.1, 0.15) is 5.82 Å². The molecule has 0 spiro atoms. The van der Waals surface area contributed by atoms with Gasteiger partial charge in [0, 0.05) is 19.5 Å². The van der Waals surface area contributed by atoms with Gasteiger partial charge in [0.15, 0.2) is 0 Å². The first kappa shape index (κ1) is 18.6. The van der Waals surface area contributed by atoms with Crippen LogP contribution in [-0.4, -0.2) is 27.4 Å². The van der Waals surface area contributed by atoms with Crippen molar-refractivity contribution in [1.82, 2.24) is 10.0 Å². The fraction of sp³-hybridized carbons (Fsp3) is 0.533. The molecule has 0 aliphatic rings. The number of sulfonamides is 1. The van der Waals surface area contributed by atoms with Gasteiger partial charge in [-0.25, -0.2) is 17.5 Å². The molecule has 0 radical (unpaired) electrons. The summed E-state index contributed by atoms with van der Waals surface area (Å²) in [7, 11) is -3.70. The summed E-state index contributed by atoms with van der Waals surface area (Å²) in [6.07, 6.45) is 4.37. The maximum absolute atomic E-state index is 12.8. The fourth-order valence-electron chi connectivity index (χ4n) is 1.86. The van der Waals surface area contributed by atoms with Gasteiger partial charge in [-0.2, -0.15) is 0 Å². The molecule has 124 valence electrons. The molecule has 0 atom stereocenters. The van der Waals surface area contributed by atoms with Gasteiger partial charge in [0.2, 0.25) is 15.9 Å². The number of nitrogens with one attached hydrogen (secondary N) is 2. The normalized spacial score (nSPS) is 11.4. The van der Waals surface area contributed by atoms with Crippen LogP contribution in [0.2, 0.25) is 0 Å². The number of rotatable bonds is 10. The van der Waals surface area contributed by atoms with Crippen molar-refractivity contribution in [3.05, 3.63) is 30.1 Å². The third-order valence-corrected chi connectivity index (χ3v) is 4.60. The van der Waals surface area contributed by atoms with Gasteiger partial charge in [-0.15, -0.1) is 0 Å². The van der Waals surface area contributed by atoms with Crippen molar-refractivity contribution in [1.29, 1.82) is 0 Å². The van der Waals surface area contributed by atoms with Crippen LogP contribution in [0.15, 0.2) is 29.2 Å². The molecule has 0 aliphatic heterocycles. The molecule has 0 fully saturated rings. The number of halogens is 1. The largest absolute Gasteiger partial charge is 0.356 e. The molecule has 0 bridgehead atoms. The van der Waals surface area contributed by atoms with E-state index >= 15 is 0 Å². The number of hydrogen-bond acceptors (Lipinski definition) is 3. The van der Waals surface area contributed by atoms with E-state index in [1.165, 1.54) is 12.1 Å². The first-order chi connectivity index (χ1) is 10.5. The molecule has 5 nitrogen and oxygen atoms in total. The summed E-state index contributed by atoms with van der Waals surface area (Å²) in [4.78, 5) is 11.5. The number of hydrogen-bond donors (Lipinski definition) is 2. The smallest absolute Gasteiger partial charge is 0.240 e. The maximum atomic E-state index is 12.8. The molecule has 1 rings (SSSR count). The average molecular weight is 330 g/mol. The Labute approximate surface area is 131 Å². The molecule has 22 heavy (non-hydrogen) atoms. The number of unbranched alkanes of at least 4 members (excludes halogenated alkanes) is 3. The minimum absolute atomic E-state index is 0.0144. The van der Waals surface area contributed by atoms with Crippen LogP contribution in [0, 0.1) is 5.82 Å². The predicted molar refractivity (Wildman–Crippen MR) is 83.4 cm³/mol. The zero-order valence-electron chi connectivity index (χ0n) is 12.8. The summed E-state index contributed by atoms with van der Waals surface area (Å²) >= 11 is 0. The van der Waals surface area contributed by atoms with E-state index in [1.54, 1.807) is 0 Å². The molecule has 1 amide bonds. The van der Waals surface area contributed by atoms with Crippen LogP contribution in [-0.2, 0) is 14.8 Å². The van der Waals surface area contributed by atoms with E-state index in [1.807, 2.05) is 0 Å². The van der Waals surface area contributed by atoms with Gasteiger partial charge in [0.25, 0.3) is 0 Å². The molecule has 0 heterocycles. The van der Waals surface area contributed by atoms with Crippen LogP contribution in [0.1, 0.15) is 39.0 Å². The van der Waals surface area contributed by atoms with Crippen LogP contribution in [0.25, 0.3) is 0 Å². The van der Waals surface area contributed by atoms with Gasteiger partial charge >= 0.3 is 0 Å². The Hall–Kier alpha value is -1.47. The zero-order valence-corrected chi connectivity index (χ0v) is 13.6. The summed E-state index contributed by atoms with van der Waals surface area (Å²) in [5, 5.41) is 2.75. The van der Waals surface area contributed by atoms with Crippen molar-refractivity contribution in [2.75, 3.05) is 13.1 Å². The second-order valence-electron chi connectivity index (χ2n) is 5.01. The van der Waals surface area contributed by atoms with Crippen molar-refractivity contribution in [3.8, 4) is 0 Å². The van der Waals surface area contributed by atoms with Gasteiger partial charge in [-0.05, 0) is 30.7 Å². The van der Waals surface area contributed by atoms with Crippen molar-refractivity contribution >= 4 is 15.9 Å². The van der Waals surface area contributed by atoms with E-state index in [0.717, 1.165) is 37.8 Å². The number of amides is 1. The Morgan fingerprint density at radius 1 is 1.09 bits per heavy atom. The molecule has 0 saturated carbocycles. The Bertz CT molecular complexity index is 559. The predicted octanol–water partition coefficient (Wildman–Crippen LogP) is 2.19. The monoisotopic (exact) mass is 330 g/mol. The Morgan fingerprint density at radius 2 is 1.77 bits per heavy atom. The highest BCUT2D eigenvalue weighted by atomic mass is 32.2. The van der Waals surface area contributed by atoms with E-state index in [9.17, 15) is 17.6 Å². The minimum Gasteiger partial charge on any atom is -0.356 e. The quantitative estimate of drug-likeness (QED) is 0.646. The van der Waals surface area contributed by atoms with Crippen LogP contribution >= 0.6 is 0 Å². The van der Waals surface area contributed by atoms with E-state index in [2.05, 4.69) is 17.0 Å². The van der Waals surface area contributed by atoms with Crippen molar-refractivity contribution < 1.29 is 17.6 Å². The first-order valence-corrected chi connectivity index (χ1v) is 8.96. The molecule has 1 aromatic rings. The van der Waals surface area contributed by atoms with Crippen LogP contribution in [0.5, 0.6) is 0 Å². The highest BCUT2D eigenvalue weighted by Crippen LogP contribution is 2.09. The topological polar surface area (TPSA) is 75.3 Å². The number of carbonyl (C=O) groups is 1. The molecule has 0 saturated heterocycles. The molecular weight excluding hydrogens is 307 g/mol. The van der Waals surface area contributed by atoms with Crippen molar-refractivity contribution in [2.24, 2.45) is 0 Å². The lowest BCUT2D eigenvalue weighted by molar-refractivity contribution is -0.120. The van der Waals surface area contributed by atoms with E-state index < -0.39 is 15.8 Å². The van der Waals surface area contributed by atoms with Gasteiger partial charge in [-0.1, -0.05) is 26.2 Å². The second-order valence-corrected chi connectivity index (χ2v) is 6.78. The summed E-state index contributed by atoms with van der Waals surface area (Å²) in [5.41, 5.74) is 0. The standard InChI is InChI=1S/C15H23FN2O3S/c1-2-3-4-5-11-17-15(19)10-12-18-22(20,21)14-8-6-13(16)7-9-14/h6-9,18H,2-5,10-12H2,1H3,(H,17,19). The molecule has 2 N–H and O–H groups in total. The van der Waals surface area contributed by atoms with Gasteiger partial charge in [-0.3, -0.25) is 4.79 Å². The maximum Gasteiger partial charge on any atom is 0.240 e. The molecular formula is C15H23FN2O3S. The molecule has 0 aliphatic carbocycles. The lowest BCUT2D eigenvalue weighted by Crippen LogP contribution is -2.31. The third kappa shape index (κ3) is 7.00. The molecule has 7 heteroatoms. The Morgan fingerprint density at radius 3 is 2.41 bits per heavy atom. The molecule has 0 aromatic heterocycles. The van der Waals surface area contributed by atoms with E-state index in [4.69, 9.17) is 0 Å². The van der Waals surface area contributed by atoms with Gasteiger partial charge < -0.3 is 5.32 Å². The van der Waals surface area contributed by atoms with Crippen LogP contribution < -0.4 is 10.0 Å². The summed E-state index contributed by atoms with van der Waals surface area (Å²) in [5.74, 6) is -0.681. The summed E-state index contributed by atoms with van der Waals surface area (Å²) in [6, 6.07) is 4.53. The lowest BCUT2D eigenvalue weighted by Gasteiger charge is -2.07. The summed E-state index contributed by atoms with van der Waals surface area (Å²) < 4.78 is 38.9. The minimum atomic E-state index is -3.70. The highest BCUT2D eigenvalue weighted by Gasteiger charge is 2.13. The SMILES string of the molecule is CCCCCCNC(=O)CCNS(=O)(=O)c1ccc(F)cc1. The number of carbonyl (C=O) groups excluding carboxylic acids is 1.